The standard InChI is InChI=1S/C24H24N4O6/c1-28-22(23(32)25-11-14(29)10-21(30)31)20(12-26-28)27-24(33)34-13-19-17-8-4-2-6-15(17)16-7-3-5-9-18(16)19/h2-9,12,14,19,29H,10-11,13H2,1H3,(H,25,32)(H,27,33)(H,30,31). The van der Waals surface area contributed by atoms with E-state index >= 15 is 0 Å². The molecule has 34 heavy (non-hydrogen) atoms. The molecule has 10 nitrogen and oxygen atoms in total. The Hall–Kier alpha value is -4.18. The van der Waals surface area contributed by atoms with E-state index in [2.05, 4.69) is 15.7 Å². The van der Waals surface area contributed by atoms with Gasteiger partial charge < -0.3 is 20.3 Å². The zero-order valence-corrected chi connectivity index (χ0v) is 18.4. The number of amides is 2. The molecule has 4 N–H and O–H groups in total. The van der Waals surface area contributed by atoms with Crippen molar-refractivity contribution in [2.24, 2.45) is 7.05 Å². The van der Waals surface area contributed by atoms with E-state index in [0.29, 0.717) is 0 Å². The van der Waals surface area contributed by atoms with Gasteiger partial charge >= 0.3 is 12.1 Å². The van der Waals surface area contributed by atoms with Crippen LogP contribution >= 0.6 is 0 Å². The second kappa shape index (κ2) is 9.75. The number of aliphatic hydroxyl groups is 1. The first kappa shape index (κ1) is 23.0. The summed E-state index contributed by atoms with van der Waals surface area (Å²) in [6.45, 7) is -0.149. The number of hydrogen-bond acceptors (Lipinski definition) is 6. The van der Waals surface area contributed by atoms with E-state index in [-0.39, 0.29) is 30.5 Å². The van der Waals surface area contributed by atoms with E-state index in [4.69, 9.17) is 9.84 Å². The Labute approximate surface area is 195 Å². The maximum Gasteiger partial charge on any atom is 0.411 e. The van der Waals surface area contributed by atoms with Crippen molar-refractivity contribution in [1.82, 2.24) is 15.1 Å². The van der Waals surface area contributed by atoms with E-state index in [9.17, 15) is 19.5 Å². The van der Waals surface area contributed by atoms with Gasteiger partial charge in [0.25, 0.3) is 5.91 Å². The maximum absolute atomic E-state index is 12.6. The minimum atomic E-state index is -1.24. The Bertz CT molecular complexity index is 1190. The summed E-state index contributed by atoms with van der Waals surface area (Å²) in [5.74, 6) is -1.91. The fraction of sp³-hybridized carbons (Fsp3) is 0.250. The van der Waals surface area contributed by atoms with Crippen LogP contribution in [0.25, 0.3) is 11.1 Å². The topological polar surface area (TPSA) is 143 Å². The molecule has 1 atom stereocenters. The molecule has 2 aromatic carbocycles. The number of aliphatic hydroxyl groups excluding tert-OH is 1. The molecule has 3 aromatic rings. The molecule has 0 spiro atoms. The number of benzene rings is 2. The van der Waals surface area contributed by atoms with Gasteiger partial charge in [0.05, 0.1) is 24.4 Å². The molecule has 0 saturated heterocycles. The number of nitrogens with zero attached hydrogens (tertiary/aromatic N) is 2. The highest BCUT2D eigenvalue weighted by Gasteiger charge is 2.29. The van der Waals surface area contributed by atoms with E-state index in [0.717, 1.165) is 22.3 Å². The number of ether oxygens (including phenoxy) is 1. The lowest BCUT2D eigenvalue weighted by Crippen LogP contribution is -2.34. The fourth-order valence-corrected chi connectivity index (χ4v) is 4.11. The largest absolute Gasteiger partial charge is 0.481 e. The summed E-state index contributed by atoms with van der Waals surface area (Å²) in [5, 5.41) is 27.3. The van der Waals surface area contributed by atoms with E-state index in [1.165, 1.54) is 17.9 Å². The van der Waals surface area contributed by atoms with Crippen LogP contribution in [0.5, 0.6) is 0 Å². The van der Waals surface area contributed by atoms with Crippen molar-refractivity contribution in [3.63, 3.8) is 0 Å². The zero-order chi connectivity index (χ0) is 24.2. The average molecular weight is 464 g/mol. The number of rotatable bonds is 8. The summed E-state index contributed by atoms with van der Waals surface area (Å²) in [4.78, 5) is 35.8. The predicted molar refractivity (Wildman–Crippen MR) is 122 cm³/mol. The molecule has 1 aromatic heterocycles. The molecule has 1 aliphatic carbocycles. The average Bonchev–Trinajstić information content (AvgIpc) is 3.33. The molecule has 0 bridgehead atoms. The van der Waals surface area contributed by atoms with Crippen molar-refractivity contribution in [3.05, 3.63) is 71.5 Å². The molecule has 10 heteroatoms. The number of nitrogens with one attached hydrogen (secondary N) is 2. The highest BCUT2D eigenvalue weighted by Crippen LogP contribution is 2.44. The molecule has 0 aliphatic heterocycles. The summed E-state index contributed by atoms with van der Waals surface area (Å²) in [6, 6.07) is 16.0. The van der Waals surface area contributed by atoms with Crippen LogP contribution in [-0.4, -0.2) is 57.2 Å². The van der Waals surface area contributed by atoms with Gasteiger partial charge in [0.1, 0.15) is 12.3 Å². The number of carboxylic acid groups (broad SMARTS) is 1. The number of aliphatic carboxylic acids is 1. The first-order valence-electron chi connectivity index (χ1n) is 10.7. The smallest absolute Gasteiger partial charge is 0.411 e. The van der Waals surface area contributed by atoms with E-state index in [1.807, 2.05) is 48.5 Å². The van der Waals surface area contributed by atoms with Crippen LogP contribution in [0.1, 0.15) is 34.0 Å². The monoisotopic (exact) mass is 464 g/mol. The van der Waals surface area contributed by atoms with Crippen LogP contribution in [0.15, 0.2) is 54.7 Å². The van der Waals surface area contributed by atoms with Crippen molar-refractivity contribution in [2.75, 3.05) is 18.5 Å². The number of anilines is 1. The highest BCUT2D eigenvalue weighted by molar-refractivity contribution is 6.01. The van der Waals surface area contributed by atoms with Gasteiger partial charge in [-0.05, 0) is 22.3 Å². The van der Waals surface area contributed by atoms with Crippen molar-refractivity contribution < 1.29 is 29.3 Å². The quantitative estimate of drug-likeness (QED) is 0.401. The van der Waals surface area contributed by atoms with Gasteiger partial charge in [-0.15, -0.1) is 0 Å². The lowest BCUT2D eigenvalue weighted by molar-refractivity contribution is -0.139. The second-order valence-electron chi connectivity index (χ2n) is 7.94. The Balaban J connectivity index is 1.40. The molecule has 0 fully saturated rings. The number of fused-ring (bicyclic) bond motifs is 3. The third-order valence-corrected chi connectivity index (χ3v) is 5.64. The van der Waals surface area contributed by atoms with Gasteiger partial charge in [-0.1, -0.05) is 48.5 Å². The summed E-state index contributed by atoms with van der Waals surface area (Å²) >= 11 is 0. The molecule has 0 radical (unpaired) electrons. The van der Waals surface area contributed by atoms with Crippen LogP contribution in [0.2, 0.25) is 0 Å². The summed E-state index contributed by atoms with van der Waals surface area (Å²) < 4.78 is 6.77. The Morgan fingerprint density at radius 3 is 2.32 bits per heavy atom. The van der Waals surface area contributed by atoms with Crippen LogP contribution in [-0.2, 0) is 16.6 Å². The molecule has 176 valence electrons. The van der Waals surface area contributed by atoms with Gasteiger partial charge in [0.15, 0.2) is 0 Å². The number of aromatic nitrogens is 2. The first-order chi connectivity index (χ1) is 16.3. The van der Waals surface area contributed by atoms with Gasteiger partial charge in [-0.25, -0.2) is 4.79 Å². The Morgan fingerprint density at radius 1 is 1.09 bits per heavy atom. The SMILES string of the molecule is Cn1ncc(NC(=O)OCC2c3ccccc3-c3ccccc32)c1C(=O)NCC(O)CC(=O)O. The molecule has 2 amide bonds. The zero-order valence-electron chi connectivity index (χ0n) is 18.4. The van der Waals surface area contributed by atoms with Crippen molar-refractivity contribution in [2.45, 2.75) is 18.4 Å². The van der Waals surface area contributed by atoms with Crippen LogP contribution in [0, 0.1) is 0 Å². The number of hydrogen-bond donors (Lipinski definition) is 4. The lowest BCUT2D eigenvalue weighted by atomic mass is 9.98. The number of carbonyl (C=O) groups is 3. The summed E-state index contributed by atoms with van der Waals surface area (Å²) in [6.07, 6.45) is -1.18. The minimum Gasteiger partial charge on any atom is -0.481 e. The van der Waals surface area contributed by atoms with Gasteiger partial charge in [-0.2, -0.15) is 5.10 Å². The summed E-state index contributed by atoms with van der Waals surface area (Å²) in [7, 11) is 1.52. The molecule has 1 heterocycles. The fourth-order valence-electron chi connectivity index (χ4n) is 4.11. The number of aryl methyl sites for hydroxylation is 1. The van der Waals surface area contributed by atoms with Crippen LogP contribution < -0.4 is 10.6 Å². The lowest BCUT2D eigenvalue weighted by Gasteiger charge is -2.15. The third-order valence-electron chi connectivity index (χ3n) is 5.64. The molecular weight excluding hydrogens is 440 g/mol. The van der Waals surface area contributed by atoms with E-state index < -0.39 is 30.5 Å². The first-order valence-corrected chi connectivity index (χ1v) is 10.7. The van der Waals surface area contributed by atoms with Crippen LogP contribution in [0.3, 0.4) is 0 Å². The van der Waals surface area contributed by atoms with Crippen molar-refractivity contribution in [1.29, 1.82) is 0 Å². The molecule has 0 saturated carbocycles. The van der Waals surface area contributed by atoms with Gasteiger partial charge in [0.2, 0.25) is 0 Å². The Kier molecular flexibility index (Phi) is 6.60. The molecule has 1 aliphatic rings. The Morgan fingerprint density at radius 2 is 1.71 bits per heavy atom. The van der Waals surface area contributed by atoms with Crippen LogP contribution in [0.4, 0.5) is 10.5 Å². The predicted octanol–water partition coefficient (Wildman–Crippen LogP) is 2.35. The molecule has 4 rings (SSSR count). The van der Waals surface area contributed by atoms with Gasteiger partial charge in [-0.3, -0.25) is 19.6 Å². The second-order valence-corrected chi connectivity index (χ2v) is 7.94. The molecule has 1 unspecified atom stereocenters. The summed E-state index contributed by atoms with van der Waals surface area (Å²) in [5.41, 5.74) is 4.56. The number of carbonyl (C=O) groups excluding carboxylic acids is 2. The van der Waals surface area contributed by atoms with E-state index in [1.54, 1.807) is 0 Å². The maximum atomic E-state index is 12.6. The van der Waals surface area contributed by atoms with Crippen molar-refractivity contribution >= 4 is 23.7 Å². The minimum absolute atomic E-state index is 0.0380. The number of carboxylic acids is 1. The molecular formula is C24H24N4O6. The van der Waals surface area contributed by atoms with Gasteiger partial charge in [0, 0.05) is 19.5 Å². The normalized spacial score (nSPS) is 13.0. The highest BCUT2D eigenvalue weighted by atomic mass is 16.5. The van der Waals surface area contributed by atoms with Crippen molar-refractivity contribution in [3.8, 4) is 11.1 Å². The third kappa shape index (κ3) is 4.76.